The monoisotopic (exact) mass is 186 g/mol. The third-order valence-electron chi connectivity index (χ3n) is 2.04. The fourth-order valence-corrected chi connectivity index (χ4v) is 1.24. The number of carbonyl (C=O) groups excluding carboxylic acids is 1. The Kier molecular flexibility index (Phi) is 7.94. The molecule has 0 aromatic carbocycles. The van der Waals surface area contributed by atoms with Crippen LogP contribution in [0.4, 0.5) is 0 Å². The molecule has 0 fully saturated rings. The lowest BCUT2D eigenvalue weighted by atomic mass is 10.2. The minimum absolute atomic E-state index is 0.295. The standard InChI is InChI=1S/C10H22N2O/c1-10(13)6-4-8-12(3)9-5-7-11-2/h11H,4-9H2,1-3H3. The summed E-state index contributed by atoms with van der Waals surface area (Å²) in [6, 6.07) is 0. The van der Waals surface area contributed by atoms with Crippen LogP contribution >= 0.6 is 0 Å². The van der Waals surface area contributed by atoms with Crippen LogP contribution in [-0.4, -0.2) is 44.4 Å². The molecule has 3 heteroatoms. The Labute approximate surface area is 81.5 Å². The van der Waals surface area contributed by atoms with Gasteiger partial charge in [-0.1, -0.05) is 0 Å². The lowest BCUT2D eigenvalue weighted by Crippen LogP contribution is -2.24. The average molecular weight is 186 g/mol. The van der Waals surface area contributed by atoms with Crippen LogP contribution in [0.5, 0.6) is 0 Å². The summed E-state index contributed by atoms with van der Waals surface area (Å²) in [4.78, 5) is 12.9. The molecule has 1 N–H and O–H groups in total. The highest BCUT2D eigenvalue weighted by Gasteiger charge is 1.98. The van der Waals surface area contributed by atoms with Crippen LogP contribution in [0, 0.1) is 0 Å². The first-order valence-corrected chi connectivity index (χ1v) is 4.99. The highest BCUT2D eigenvalue weighted by Crippen LogP contribution is 1.94. The molecule has 0 aromatic rings. The normalized spacial score (nSPS) is 10.8. The number of carbonyl (C=O) groups is 1. The van der Waals surface area contributed by atoms with Gasteiger partial charge in [0.2, 0.25) is 0 Å². The van der Waals surface area contributed by atoms with Crippen molar-refractivity contribution in [3.63, 3.8) is 0 Å². The van der Waals surface area contributed by atoms with Gasteiger partial charge in [0.1, 0.15) is 5.78 Å². The summed E-state index contributed by atoms with van der Waals surface area (Å²) < 4.78 is 0. The molecule has 0 atom stereocenters. The van der Waals surface area contributed by atoms with Gasteiger partial charge in [-0.2, -0.15) is 0 Å². The predicted octanol–water partition coefficient (Wildman–Crippen LogP) is 0.897. The molecule has 0 aliphatic rings. The molecule has 13 heavy (non-hydrogen) atoms. The van der Waals surface area contributed by atoms with Crippen LogP contribution in [-0.2, 0) is 4.79 Å². The summed E-state index contributed by atoms with van der Waals surface area (Å²) in [5, 5.41) is 3.12. The van der Waals surface area contributed by atoms with Crippen LogP contribution in [0.25, 0.3) is 0 Å². The molecular formula is C10H22N2O. The van der Waals surface area contributed by atoms with Gasteiger partial charge in [0.15, 0.2) is 0 Å². The molecule has 0 unspecified atom stereocenters. The van der Waals surface area contributed by atoms with Gasteiger partial charge in [-0.3, -0.25) is 0 Å². The minimum atomic E-state index is 0.295. The maximum atomic E-state index is 10.7. The fraction of sp³-hybridized carbons (Fsp3) is 0.900. The highest BCUT2D eigenvalue weighted by molar-refractivity contribution is 5.75. The van der Waals surface area contributed by atoms with Gasteiger partial charge >= 0.3 is 0 Å². The Morgan fingerprint density at radius 3 is 2.46 bits per heavy atom. The smallest absolute Gasteiger partial charge is 0.129 e. The van der Waals surface area contributed by atoms with E-state index in [1.54, 1.807) is 6.92 Å². The van der Waals surface area contributed by atoms with E-state index in [1.165, 1.54) is 6.42 Å². The van der Waals surface area contributed by atoms with E-state index in [1.807, 2.05) is 7.05 Å². The summed E-state index contributed by atoms with van der Waals surface area (Å²) >= 11 is 0. The van der Waals surface area contributed by atoms with Gasteiger partial charge in [0.05, 0.1) is 0 Å². The number of ketones is 1. The molecular weight excluding hydrogens is 164 g/mol. The molecule has 0 rings (SSSR count). The van der Waals surface area contributed by atoms with Gasteiger partial charge in [0, 0.05) is 6.42 Å². The lowest BCUT2D eigenvalue weighted by molar-refractivity contribution is -0.117. The van der Waals surface area contributed by atoms with E-state index in [9.17, 15) is 4.79 Å². The first-order chi connectivity index (χ1) is 6.16. The Morgan fingerprint density at radius 2 is 1.92 bits per heavy atom. The second-order valence-corrected chi connectivity index (χ2v) is 3.57. The van der Waals surface area contributed by atoms with E-state index in [4.69, 9.17) is 0 Å². The summed E-state index contributed by atoms with van der Waals surface area (Å²) in [7, 11) is 4.07. The molecule has 0 amide bonds. The van der Waals surface area contributed by atoms with Crippen LogP contribution in [0.2, 0.25) is 0 Å². The number of rotatable bonds is 8. The van der Waals surface area contributed by atoms with Crippen molar-refractivity contribution >= 4 is 5.78 Å². The lowest BCUT2D eigenvalue weighted by Gasteiger charge is -2.15. The molecule has 0 spiro atoms. The Morgan fingerprint density at radius 1 is 1.31 bits per heavy atom. The quantitative estimate of drug-likeness (QED) is 0.572. The van der Waals surface area contributed by atoms with E-state index in [0.717, 1.165) is 32.5 Å². The van der Waals surface area contributed by atoms with E-state index in [0.29, 0.717) is 5.78 Å². The third kappa shape index (κ3) is 9.50. The zero-order valence-electron chi connectivity index (χ0n) is 9.10. The van der Waals surface area contributed by atoms with Crippen molar-refractivity contribution in [3.8, 4) is 0 Å². The summed E-state index contributed by atoms with van der Waals surface area (Å²) in [5.41, 5.74) is 0. The van der Waals surface area contributed by atoms with Gasteiger partial charge < -0.3 is 15.0 Å². The van der Waals surface area contributed by atoms with Gasteiger partial charge in [0.25, 0.3) is 0 Å². The second kappa shape index (κ2) is 8.20. The van der Waals surface area contributed by atoms with E-state index in [2.05, 4.69) is 17.3 Å². The number of Topliss-reactive ketones (excluding diaryl/α,β-unsaturated/α-hetero) is 1. The molecule has 78 valence electrons. The first kappa shape index (κ1) is 12.6. The maximum Gasteiger partial charge on any atom is 0.129 e. The van der Waals surface area contributed by atoms with Crippen LogP contribution in [0.3, 0.4) is 0 Å². The topological polar surface area (TPSA) is 32.3 Å². The Balaban J connectivity index is 3.19. The molecule has 3 nitrogen and oxygen atoms in total. The summed E-state index contributed by atoms with van der Waals surface area (Å²) in [6.07, 6.45) is 2.88. The predicted molar refractivity (Wildman–Crippen MR) is 56.0 cm³/mol. The fourth-order valence-electron chi connectivity index (χ4n) is 1.24. The highest BCUT2D eigenvalue weighted by atomic mass is 16.1. The number of nitrogens with one attached hydrogen (secondary N) is 1. The molecule has 0 aliphatic carbocycles. The summed E-state index contributed by atoms with van der Waals surface area (Å²) in [5.74, 6) is 0.295. The zero-order valence-corrected chi connectivity index (χ0v) is 9.10. The van der Waals surface area contributed by atoms with Crippen LogP contribution in [0.15, 0.2) is 0 Å². The molecule has 0 radical (unpaired) electrons. The van der Waals surface area contributed by atoms with Crippen molar-refractivity contribution in [2.75, 3.05) is 33.7 Å². The van der Waals surface area contributed by atoms with Crippen LogP contribution in [0.1, 0.15) is 26.2 Å². The van der Waals surface area contributed by atoms with Gasteiger partial charge in [-0.05, 0) is 53.5 Å². The van der Waals surface area contributed by atoms with Crippen molar-refractivity contribution in [1.82, 2.24) is 10.2 Å². The van der Waals surface area contributed by atoms with Crippen molar-refractivity contribution in [1.29, 1.82) is 0 Å². The first-order valence-electron chi connectivity index (χ1n) is 4.99. The van der Waals surface area contributed by atoms with Crippen molar-refractivity contribution < 1.29 is 4.79 Å². The second-order valence-electron chi connectivity index (χ2n) is 3.57. The molecule has 0 saturated heterocycles. The average Bonchev–Trinajstić information content (AvgIpc) is 2.04. The zero-order chi connectivity index (χ0) is 10.1. The maximum absolute atomic E-state index is 10.7. The number of nitrogens with zero attached hydrogens (tertiary/aromatic N) is 1. The third-order valence-corrected chi connectivity index (χ3v) is 2.04. The summed E-state index contributed by atoms with van der Waals surface area (Å²) in [6.45, 7) is 4.86. The molecule has 0 saturated carbocycles. The largest absolute Gasteiger partial charge is 0.320 e. The number of hydrogen-bond acceptors (Lipinski definition) is 3. The van der Waals surface area contributed by atoms with E-state index >= 15 is 0 Å². The van der Waals surface area contributed by atoms with Crippen molar-refractivity contribution in [2.24, 2.45) is 0 Å². The van der Waals surface area contributed by atoms with E-state index < -0.39 is 0 Å². The van der Waals surface area contributed by atoms with Gasteiger partial charge in [-0.15, -0.1) is 0 Å². The molecule has 0 heterocycles. The SMILES string of the molecule is CNCCCN(C)CCCC(C)=O. The molecule has 0 bridgehead atoms. The minimum Gasteiger partial charge on any atom is -0.320 e. The Hall–Kier alpha value is -0.410. The van der Waals surface area contributed by atoms with Crippen LogP contribution < -0.4 is 5.32 Å². The van der Waals surface area contributed by atoms with E-state index in [-0.39, 0.29) is 0 Å². The molecule has 0 aliphatic heterocycles. The van der Waals surface area contributed by atoms with Crippen molar-refractivity contribution in [3.05, 3.63) is 0 Å². The molecule has 0 aromatic heterocycles. The number of hydrogen-bond donors (Lipinski definition) is 1. The van der Waals surface area contributed by atoms with Gasteiger partial charge in [-0.25, -0.2) is 0 Å². The van der Waals surface area contributed by atoms with Crippen molar-refractivity contribution in [2.45, 2.75) is 26.2 Å². The Bertz CT molecular complexity index is 137.